The Bertz CT molecular complexity index is 1020. The molecule has 29 heavy (non-hydrogen) atoms. The molecule has 5 heteroatoms. The van der Waals surface area contributed by atoms with E-state index in [4.69, 9.17) is 0 Å². The van der Waals surface area contributed by atoms with Crippen molar-refractivity contribution in [2.75, 3.05) is 18.0 Å². The first kappa shape index (κ1) is 19.4. The van der Waals surface area contributed by atoms with Crippen molar-refractivity contribution in [3.63, 3.8) is 0 Å². The minimum absolute atomic E-state index is 0.0163. The van der Waals surface area contributed by atoms with Crippen LogP contribution in [0, 0.1) is 25.6 Å². The normalized spacial score (nSPS) is 14.9. The number of pyridine rings is 1. The van der Waals surface area contributed by atoms with E-state index >= 15 is 0 Å². The smallest absolute Gasteiger partial charge is 0.223 e. The molecular weight excluding hydrogens is 365 g/mol. The number of aryl methyl sites for hydroxylation is 2. The summed E-state index contributed by atoms with van der Waals surface area (Å²) in [6, 6.07) is 15.3. The van der Waals surface area contributed by atoms with Crippen LogP contribution in [0.25, 0.3) is 10.9 Å². The standard InChI is InChI=1S/C24H26FN3O/c1-16-6-8-18(9-7-16)15-26-24(29)19-10-12-28(13-11-19)22-14-17(2)27-23-20(22)4-3-5-21(23)25/h3-9,14,19H,10-13,15H2,1-2H3,(H,26,29). The number of piperidine rings is 1. The SMILES string of the molecule is Cc1ccc(CNC(=O)C2CCN(c3cc(C)nc4c(F)cccc34)CC2)cc1. The van der Waals surface area contributed by atoms with E-state index in [-0.39, 0.29) is 17.6 Å². The summed E-state index contributed by atoms with van der Waals surface area (Å²) in [5, 5.41) is 3.90. The van der Waals surface area contributed by atoms with E-state index in [0.717, 1.165) is 48.3 Å². The number of hydrogen-bond acceptors (Lipinski definition) is 3. The van der Waals surface area contributed by atoms with Gasteiger partial charge in [0.2, 0.25) is 5.91 Å². The van der Waals surface area contributed by atoms with Gasteiger partial charge in [0.05, 0.1) is 0 Å². The van der Waals surface area contributed by atoms with Crippen LogP contribution in [-0.2, 0) is 11.3 Å². The molecule has 0 atom stereocenters. The summed E-state index contributed by atoms with van der Waals surface area (Å²) in [5.74, 6) is -0.160. The molecule has 0 saturated carbocycles. The molecule has 4 nitrogen and oxygen atoms in total. The Morgan fingerprint density at radius 2 is 1.86 bits per heavy atom. The lowest BCUT2D eigenvalue weighted by Crippen LogP contribution is -2.40. The molecular formula is C24H26FN3O. The average molecular weight is 391 g/mol. The second-order valence-corrected chi connectivity index (χ2v) is 7.88. The van der Waals surface area contributed by atoms with Gasteiger partial charge in [0.15, 0.2) is 0 Å². The highest BCUT2D eigenvalue weighted by atomic mass is 19.1. The largest absolute Gasteiger partial charge is 0.371 e. The maximum absolute atomic E-state index is 14.2. The number of nitrogens with zero attached hydrogens (tertiary/aromatic N) is 2. The number of carbonyl (C=O) groups is 1. The van der Waals surface area contributed by atoms with Crippen molar-refractivity contribution in [3.05, 3.63) is 71.2 Å². The minimum Gasteiger partial charge on any atom is -0.371 e. The van der Waals surface area contributed by atoms with E-state index in [9.17, 15) is 9.18 Å². The van der Waals surface area contributed by atoms with Crippen molar-refractivity contribution in [2.45, 2.75) is 33.2 Å². The Kier molecular flexibility index (Phi) is 5.47. The molecule has 0 radical (unpaired) electrons. The van der Waals surface area contributed by atoms with Gasteiger partial charge < -0.3 is 10.2 Å². The van der Waals surface area contributed by atoms with E-state index in [2.05, 4.69) is 34.3 Å². The zero-order valence-electron chi connectivity index (χ0n) is 16.9. The van der Waals surface area contributed by atoms with Gasteiger partial charge in [-0.2, -0.15) is 0 Å². The summed E-state index contributed by atoms with van der Waals surface area (Å²) in [7, 11) is 0. The Hall–Kier alpha value is -2.95. The molecule has 150 valence electrons. The van der Waals surface area contributed by atoms with E-state index in [1.54, 1.807) is 6.07 Å². The van der Waals surface area contributed by atoms with Crippen LogP contribution in [0.4, 0.5) is 10.1 Å². The van der Waals surface area contributed by atoms with Crippen molar-refractivity contribution >= 4 is 22.5 Å². The predicted octanol–water partition coefficient (Wildman–Crippen LogP) is 4.52. The molecule has 1 fully saturated rings. The molecule has 1 aromatic heterocycles. The summed E-state index contributed by atoms with van der Waals surface area (Å²) in [6.45, 7) is 6.06. The number of para-hydroxylation sites is 1. The number of halogens is 1. The van der Waals surface area contributed by atoms with E-state index in [1.165, 1.54) is 11.6 Å². The van der Waals surface area contributed by atoms with Crippen LogP contribution >= 0.6 is 0 Å². The van der Waals surface area contributed by atoms with Gasteiger partial charge in [-0.15, -0.1) is 0 Å². The van der Waals surface area contributed by atoms with E-state index < -0.39 is 0 Å². The zero-order valence-corrected chi connectivity index (χ0v) is 16.9. The van der Waals surface area contributed by atoms with Gasteiger partial charge in [0.25, 0.3) is 0 Å². The van der Waals surface area contributed by atoms with Crippen molar-refractivity contribution < 1.29 is 9.18 Å². The van der Waals surface area contributed by atoms with Crippen LogP contribution in [0.15, 0.2) is 48.5 Å². The third-order valence-corrected chi connectivity index (χ3v) is 5.69. The molecule has 1 aliphatic rings. The number of nitrogens with one attached hydrogen (secondary N) is 1. The maximum atomic E-state index is 14.2. The predicted molar refractivity (Wildman–Crippen MR) is 114 cm³/mol. The van der Waals surface area contributed by atoms with Crippen LogP contribution in [0.2, 0.25) is 0 Å². The molecule has 2 heterocycles. The lowest BCUT2D eigenvalue weighted by atomic mass is 9.95. The van der Waals surface area contributed by atoms with Crippen LogP contribution in [-0.4, -0.2) is 24.0 Å². The van der Waals surface area contributed by atoms with Gasteiger partial charge in [-0.25, -0.2) is 9.37 Å². The molecule has 0 bridgehead atoms. The molecule has 3 aromatic rings. The molecule has 1 N–H and O–H groups in total. The van der Waals surface area contributed by atoms with Crippen molar-refractivity contribution in [1.29, 1.82) is 0 Å². The number of carbonyl (C=O) groups excluding carboxylic acids is 1. The Morgan fingerprint density at radius 3 is 2.59 bits per heavy atom. The minimum atomic E-state index is -0.294. The van der Waals surface area contributed by atoms with Gasteiger partial charge in [-0.3, -0.25) is 4.79 Å². The van der Waals surface area contributed by atoms with Crippen LogP contribution < -0.4 is 10.2 Å². The summed E-state index contributed by atoms with van der Waals surface area (Å²) in [5.41, 5.74) is 4.55. The third-order valence-electron chi connectivity index (χ3n) is 5.69. The van der Waals surface area contributed by atoms with Crippen molar-refractivity contribution in [3.8, 4) is 0 Å². The molecule has 2 aromatic carbocycles. The third kappa shape index (κ3) is 4.24. The lowest BCUT2D eigenvalue weighted by molar-refractivity contribution is -0.125. The molecule has 1 amide bonds. The van der Waals surface area contributed by atoms with Gasteiger partial charge >= 0.3 is 0 Å². The first-order chi connectivity index (χ1) is 14.0. The van der Waals surface area contributed by atoms with Gasteiger partial charge in [-0.1, -0.05) is 42.0 Å². The Morgan fingerprint density at radius 1 is 1.14 bits per heavy atom. The first-order valence-electron chi connectivity index (χ1n) is 10.2. The number of rotatable bonds is 4. The van der Waals surface area contributed by atoms with Gasteiger partial charge in [0, 0.05) is 42.3 Å². The van der Waals surface area contributed by atoms with Crippen molar-refractivity contribution in [1.82, 2.24) is 10.3 Å². The summed E-state index contributed by atoms with van der Waals surface area (Å²) >= 11 is 0. The van der Waals surface area contributed by atoms with Crippen LogP contribution in [0.5, 0.6) is 0 Å². The fraction of sp³-hybridized carbons (Fsp3) is 0.333. The van der Waals surface area contributed by atoms with Crippen molar-refractivity contribution in [2.24, 2.45) is 5.92 Å². The molecule has 1 aliphatic heterocycles. The van der Waals surface area contributed by atoms with E-state index in [1.807, 2.05) is 31.2 Å². The molecule has 4 rings (SSSR count). The lowest BCUT2D eigenvalue weighted by Gasteiger charge is -2.33. The first-order valence-corrected chi connectivity index (χ1v) is 10.2. The molecule has 0 unspecified atom stereocenters. The number of hydrogen-bond donors (Lipinski definition) is 1. The molecule has 1 saturated heterocycles. The number of amides is 1. The van der Waals surface area contributed by atoms with Gasteiger partial charge in [-0.05, 0) is 44.4 Å². The highest BCUT2D eigenvalue weighted by Crippen LogP contribution is 2.31. The number of benzene rings is 2. The average Bonchev–Trinajstić information content (AvgIpc) is 2.73. The maximum Gasteiger partial charge on any atom is 0.223 e. The summed E-state index contributed by atoms with van der Waals surface area (Å²) < 4.78 is 14.2. The summed E-state index contributed by atoms with van der Waals surface area (Å²) in [6.07, 6.45) is 1.58. The monoisotopic (exact) mass is 391 g/mol. The van der Waals surface area contributed by atoms with Gasteiger partial charge in [0.1, 0.15) is 11.3 Å². The van der Waals surface area contributed by atoms with E-state index in [0.29, 0.717) is 12.1 Å². The molecule has 0 aliphatic carbocycles. The Balaban J connectivity index is 1.40. The highest BCUT2D eigenvalue weighted by molar-refractivity contribution is 5.92. The zero-order chi connectivity index (χ0) is 20.4. The fourth-order valence-electron chi connectivity index (χ4n) is 4.00. The Labute approximate surface area is 170 Å². The number of fused-ring (bicyclic) bond motifs is 1. The number of anilines is 1. The quantitative estimate of drug-likeness (QED) is 0.711. The fourth-order valence-corrected chi connectivity index (χ4v) is 4.00. The second-order valence-electron chi connectivity index (χ2n) is 7.88. The summed E-state index contributed by atoms with van der Waals surface area (Å²) in [4.78, 5) is 19.2. The molecule has 0 spiro atoms. The highest BCUT2D eigenvalue weighted by Gasteiger charge is 2.26. The number of aromatic nitrogens is 1. The van der Waals surface area contributed by atoms with Crippen LogP contribution in [0.1, 0.15) is 29.7 Å². The topological polar surface area (TPSA) is 45.2 Å². The second kappa shape index (κ2) is 8.19. The van der Waals surface area contributed by atoms with Crippen LogP contribution in [0.3, 0.4) is 0 Å².